The maximum absolute atomic E-state index is 5.84. The molecule has 0 amide bonds. The summed E-state index contributed by atoms with van der Waals surface area (Å²) in [5, 5.41) is 4.87. The molecule has 1 aliphatic heterocycles. The monoisotopic (exact) mass is 333 g/mol. The van der Waals surface area contributed by atoms with Crippen LogP contribution in [0.4, 0.5) is 0 Å². The van der Waals surface area contributed by atoms with Gasteiger partial charge in [-0.05, 0) is 49.7 Å². The zero-order valence-corrected chi connectivity index (χ0v) is 14.3. The molecule has 4 rings (SSSR count). The Morgan fingerprint density at radius 2 is 1.88 bits per heavy atom. The average Bonchev–Trinajstić information content (AvgIpc) is 3.30. The molecule has 3 heterocycles. The van der Waals surface area contributed by atoms with Crippen molar-refractivity contribution in [1.29, 1.82) is 0 Å². The molecule has 5 nitrogen and oxygen atoms in total. The molecule has 2 aromatic heterocycles. The average molecular weight is 333 g/mol. The molecule has 1 atom stereocenters. The summed E-state index contributed by atoms with van der Waals surface area (Å²) in [7, 11) is 0. The molecule has 2 N–H and O–H groups in total. The van der Waals surface area contributed by atoms with Crippen LogP contribution in [0.15, 0.2) is 61.1 Å². The molecule has 0 bridgehead atoms. The van der Waals surface area contributed by atoms with Gasteiger partial charge in [0.15, 0.2) is 0 Å². The summed E-state index contributed by atoms with van der Waals surface area (Å²) in [4.78, 5) is 6.61. The van der Waals surface area contributed by atoms with Gasteiger partial charge in [-0.3, -0.25) is 9.88 Å². The number of hydrogen-bond acceptors (Lipinski definition) is 4. The highest BCUT2D eigenvalue weighted by Crippen LogP contribution is 2.26. The Balaban J connectivity index is 1.67. The summed E-state index contributed by atoms with van der Waals surface area (Å²) in [6.45, 7) is 3.86. The second-order valence-corrected chi connectivity index (χ2v) is 6.64. The molecule has 25 heavy (non-hydrogen) atoms. The summed E-state index contributed by atoms with van der Waals surface area (Å²) in [6.07, 6.45) is 6.98. The van der Waals surface area contributed by atoms with Crippen molar-refractivity contribution < 1.29 is 0 Å². The van der Waals surface area contributed by atoms with Crippen LogP contribution in [0, 0.1) is 5.92 Å². The van der Waals surface area contributed by atoms with E-state index in [0.717, 1.165) is 43.1 Å². The molecule has 128 valence electrons. The number of pyridine rings is 1. The number of nitrogens with two attached hydrogens (primary N) is 1. The summed E-state index contributed by atoms with van der Waals surface area (Å²) in [5.41, 5.74) is 10.3. The van der Waals surface area contributed by atoms with Gasteiger partial charge in [-0.1, -0.05) is 18.2 Å². The normalized spacial score (nSPS) is 17.9. The predicted molar refractivity (Wildman–Crippen MR) is 99.2 cm³/mol. The molecule has 0 spiro atoms. The van der Waals surface area contributed by atoms with Crippen LogP contribution in [0.25, 0.3) is 16.9 Å². The van der Waals surface area contributed by atoms with Gasteiger partial charge in [-0.2, -0.15) is 5.10 Å². The van der Waals surface area contributed by atoms with Crippen molar-refractivity contribution in [2.24, 2.45) is 11.7 Å². The number of likely N-dealkylation sites (tertiary alicyclic amines) is 1. The summed E-state index contributed by atoms with van der Waals surface area (Å²) in [5.74, 6) is 0.619. The summed E-state index contributed by atoms with van der Waals surface area (Å²) >= 11 is 0. The van der Waals surface area contributed by atoms with E-state index in [1.54, 1.807) is 0 Å². The van der Waals surface area contributed by atoms with E-state index in [9.17, 15) is 0 Å². The second kappa shape index (κ2) is 7.17. The van der Waals surface area contributed by atoms with Crippen LogP contribution < -0.4 is 5.73 Å². The van der Waals surface area contributed by atoms with Gasteiger partial charge in [-0.15, -0.1) is 0 Å². The minimum Gasteiger partial charge on any atom is -0.330 e. The lowest BCUT2D eigenvalue weighted by molar-refractivity contribution is 0.318. The standard InChI is InChI=1S/C20H23N5/c21-12-16-8-11-24(13-16)14-18-15-25(19-4-2-1-3-5-19)23-20(18)17-6-9-22-10-7-17/h1-7,9-10,15-16H,8,11-14,21H2. The number of para-hydroxylation sites is 1. The van der Waals surface area contributed by atoms with Gasteiger partial charge in [0.05, 0.1) is 11.4 Å². The first-order valence-corrected chi connectivity index (χ1v) is 8.80. The van der Waals surface area contributed by atoms with Crippen molar-refractivity contribution in [3.8, 4) is 16.9 Å². The third kappa shape index (κ3) is 3.48. The fraction of sp³-hybridized carbons (Fsp3) is 0.300. The molecule has 0 saturated carbocycles. The highest BCUT2D eigenvalue weighted by molar-refractivity contribution is 5.62. The van der Waals surface area contributed by atoms with Crippen LogP contribution in [0.1, 0.15) is 12.0 Å². The van der Waals surface area contributed by atoms with E-state index in [0.29, 0.717) is 5.92 Å². The molecule has 0 radical (unpaired) electrons. The van der Waals surface area contributed by atoms with Gasteiger partial charge in [0.25, 0.3) is 0 Å². The molecule has 1 aliphatic rings. The van der Waals surface area contributed by atoms with E-state index >= 15 is 0 Å². The van der Waals surface area contributed by atoms with E-state index in [-0.39, 0.29) is 0 Å². The predicted octanol–water partition coefficient (Wildman–Crippen LogP) is 2.71. The van der Waals surface area contributed by atoms with Crippen LogP contribution in [-0.4, -0.2) is 39.3 Å². The van der Waals surface area contributed by atoms with E-state index in [1.165, 1.54) is 12.0 Å². The first-order valence-electron chi connectivity index (χ1n) is 8.80. The second-order valence-electron chi connectivity index (χ2n) is 6.64. The number of rotatable bonds is 5. The van der Waals surface area contributed by atoms with Gasteiger partial charge in [0.1, 0.15) is 0 Å². The van der Waals surface area contributed by atoms with Crippen LogP contribution in [0.5, 0.6) is 0 Å². The third-order valence-electron chi connectivity index (χ3n) is 4.86. The van der Waals surface area contributed by atoms with Gasteiger partial charge in [-0.25, -0.2) is 4.68 Å². The Bertz CT molecular complexity index is 813. The SMILES string of the molecule is NCC1CCN(Cc2cn(-c3ccccc3)nc2-c2ccncc2)C1. The largest absolute Gasteiger partial charge is 0.330 e. The minimum atomic E-state index is 0.619. The molecular formula is C20H23N5. The van der Waals surface area contributed by atoms with Crippen LogP contribution in [0.2, 0.25) is 0 Å². The lowest BCUT2D eigenvalue weighted by atomic mass is 10.1. The highest BCUT2D eigenvalue weighted by Gasteiger charge is 2.23. The number of hydrogen-bond donors (Lipinski definition) is 1. The third-order valence-corrected chi connectivity index (χ3v) is 4.86. The van der Waals surface area contributed by atoms with Gasteiger partial charge in [0, 0.05) is 42.8 Å². The Hall–Kier alpha value is -2.50. The molecule has 5 heteroatoms. The van der Waals surface area contributed by atoms with Crippen molar-refractivity contribution >= 4 is 0 Å². The first-order chi connectivity index (χ1) is 12.3. The van der Waals surface area contributed by atoms with Crippen molar-refractivity contribution in [3.05, 3.63) is 66.6 Å². The number of nitrogens with zero attached hydrogens (tertiary/aromatic N) is 4. The molecule has 1 unspecified atom stereocenters. The lowest BCUT2D eigenvalue weighted by Gasteiger charge is -2.15. The molecule has 1 fully saturated rings. The van der Waals surface area contributed by atoms with Crippen LogP contribution in [-0.2, 0) is 6.54 Å². The smallest absolute Gasteiger partial charge is 0.0973 e. The number of benzene rings is 1. The Morgan fingerprint density at radius 3 is 2.60 bits per heavy atom. The fourth-order valence-corrected chi connectivity index (χ4v) is 3.48. The molecule has 1 saturated heterocycles. The molecule has 3 aromatic rings. The van der Waals surface area contributed by atoms with Crippen LogP contribution >= 0.6 is 0 Å². The van der Waals surface area contributed by atoms with Crippen molar-refractivity contribution in [2.75, 3.05) is 19.6 Å². The Morgan fingerprint density at radius 1 is 1.08 bits per heavy atom. The zero-order valence-electron chi connectivity index (χ0n) is 14.3. The van der Waals surface area contributed by atoms with E-state index < -0.39 is 0 Å². The maximum atomic E-state index is 5.84. The van der Waals surface area contributed by atoms with Gasteiger partial charge >= 0.3 is 0 Å². The molecular weight excluding hydrogens is 310 g/mol. The Kier molecular flexibility index (Phi) is 4.59. The van der Waals surface area contributed by atoms with E-state index in [4.69, 9.17) is 10.8 Å². The van der Waals surface area contributed by atoms with Crippen molar-refractivity contribution in [1.82, 2.24) is 19.7 Å². The quantitative estimate of drug-likeness (QED) is 0.780. The molecule has 0 aliphatic carbocycles. The van der Waals surface area contributed by atoms with Gasteiger partial charge in [0.2, 0.25) is 0 Å². The van der Waals surface area contributed by atoms with Crippen molar-refractivity contribution in [2.45, 2.75) is 13.0 Å². The maximum Gasteiger partial charge on any atom is 0.0973 e. The number of aromatic nitrogens is 3. The first kappa shape index (κ1) is 16.0. The summed E-state index contributed by atoms with van der Waals surface area (Å²) < 4.78 is 1.97. The van der Waals surface area contributed by atoms with E-state index in [2.05, 4.69) is 28.2 Å². The lowest BCUT2D eigenvalue weighted by Crippen LogP contribution is -2.22. The zero-order chi connectivity index (χ0) is 17.1. The van der Waals surface area contributed by atoms with Crippen LogP contribution in [0.3, 0.4) is 0 Å². The topological polar surface area (TPSA) is 60.0 Å². The van der Waals surface area contributed by atoms with E-state index in [1.807, 2.05) is 47.4 Å². The molecule has 1 aromatic carbocycles. The summed E-state index contributed by atoms with van der Waals surface area (Å²) in [6, 6.07) is 14.3. The van der Waals surface area contributed by atoms with Crippen molar-refractivity contribution in [3.63, 3.8) is 0 Å². The fourth-order valence-electron chi connectivity index (χ4n) is 3.48. The minimum absolute atomic E-state index is 0.619. The highest BCUT2D eigenvalue weighted by atomic mass is 15.3. The van der Waals surface area contributed by atoms with Gasteiger partial charge < -0.3 is 5.73 Å². The Labute approximate surface area is 148 Å².